The van der Waals surface area contributed by atoms with Gasteiger partial charge in [0.2, 0.25) is 0 Å². The molecule has 1 N–H and O–H groups in total. The number of hydrogen-bond acceptors (Lipinski definition) is 2. The molecule has 2 heteroatoms. The molecule has 3 unspecified atom stereocenters. The van der Waals surface area contributed by atoms with Crippen LogP contribution in [0.15, 0.2) is 0 Å². The number of hydrogen-bond donors (Lipinski definition) is 1. The number of nitrogens with zero attached hydrogens (tertiary/aromatic N) is 1. The predicted octanol–water partition coefficient (Wildman–Crippen LogP) is 1.33. The summed E-state index contributed by atoms with van der Waals surface area (Å²) in [7, 11) is 0. The van der Waals surface area contributed by atoms with Crippen LogP contribution in [-0.2, 0) is 0 Å². The van der Waals surface area contributed by atoms with E-state index in [1.54, 1.807) is 0 Å². The first-order valence-corrected chi connectivity index (χ1v) is 5.51. The van der Waals surface area contributed by atoms with Crippen LogP contribution < -0.4 is 5.32 Å². The summed E-state index contributed by atoms with van der Waals surface area (Å²) in [5, 5.41) is 3.57. The van der Waals surface area contributed by atoms with Gasteiger partial charge in [0.15, 0.2) is 0 Å². The molecule has 0 aromatic heterocycles. The fourth-order valence-electron chi connectivity index (χ4n) is 1.99. The average molecular weight is 194 g/mol. The van der Waals surface area contributed by atoms with Gasteiger partial charge in [-0.2, -0.15) is 0 Å². The Morgan fingerprint density at radius 2 is 2.07 bits per heavy atom. The minimum atomic E-state index is 0.258. The number of rotatable bonds is 2. The van der Waals surface area contributed by atoms with Gasteiger partial charge in [-0.25, -0.2) is 0 Å². The maximum absolute atomic E-state index is 5.47. The summed E-state index contributed by atoms with van der Waals surface area (Å²) >= 11 is 0. The van der Waals surface area contributed by atoms with Crippen molar-refractivity contribution in [2.75, 3.05) is 13.1 Å². The van der Waals surface area contributed by atoms with Crippen molar-refractivity contribution in [1.29, 1.82) is 0 Å². The minimum absolute atomic E-state index is 0.258. The maximum Gasteiger partial charge on any atom is 0.0686 e. The molecule has 0 aromatic carbocycles. The molecule has 1 aliphatic heterocycles. The van der Waals surface area contributed by atoms with Crippen molar-refractivity contribution in [2.45, 2.75) is 45.8 Å². The summed E-state index contributed by atoms with van der Waals surface area (Å²) in [5.74, 6) is 3.50. The molecule has 1 aliphatic rings. The van der Waals surface area contributed by atoms with E-state index < -0.39 is 0 Å². The molecular formula is C12H22N2. The number of terminal acetylenes is 1. The van der Waals surface area contributed by atoms with Crippen LogP contribution in [0, 0.1) is 18.3 Å². The van der Waals surface area contributed by atoms with E-state index in [2.05, 4.69) is 43.8 Å². The highest BCUT2D eigenvalue weighted by Gasteiger charge is 2.28. The van der Waals surface area contributed by atoms with Gasteiger partial charge in [0.05, 0.1) is 6.04 Å². The average Bonchev–Trinajstić information content (AvgIpc) is 2.17. The topological polar surface area (TPSA) is 15.3 Å². The van der Waals surface area contributed by atoms with Crippen molar-refractivity contribution in [3.63, 3.8) is 0 Å². The Morgan fingerprint density at radius 1 is 1.43 bits per heavy atom. The molecule has 0 bridgehead atoms. The molecule has 80 valence electrons. The second-order valence-electron chi connectivity index (χ2n) is 4.65. The van der Waals surface area contributed by atoms with E-state index in [9.17, 15) is 0 Å². The Kier molecular flexibility index (Phi) is 3.97. The van der Waals surface area contributed by atoms with Gasteiger partial charge in [-0.3, -0.25) is 4.90 Å². The highest BCUT2D eigenvalue weighted by Crippen LogP contribution is 2.14. The van der Waals surface area contributed by atoms with Crippen molar-refractivity contribution in [1.82, 2.24) is 10.2 Å². The monoisotopic (exact) mass is 194 g/mol. The van der Waals surface area contributed by atoms with E-state index in [0.717, 1.165) is 13.1 Å². The maximum atomic E-state index is 5.47. The van der Waals surface area contributed by atoms with E-state index in [1.165, 1.54) is 0 Å². The van der Waals surface area contributed by atoms with Crippen molar-refractivity contribution >= 4 is 0 Å². The second kappa shape index (κ2) is 4.82. The zero-order chi connectivity index (χ0) is 10.7. The van der Waals surface area contributed by atoms with Crippen molar-refractivity contribution in [2.24, 2.45) is 5.92 Å². The predicted molar refractivity (Wildman–Crippen MR) is 61.1 cm³/mol. The smallest absolute Gasteiger partial charge is 0.0686 e. The van der Waals surface area contributed by atoms with E-state index >= 15 is 0 Å². The Labute approximate surface area is 88.1 Å². The van der Waals surface area contributed by atoms with Crippen molar-refractivity contribution in [3.05, 3.63) is 0 Å². The third-order valence-electron chi connectivity index (χ3n) is 3.19. The Balaban J connectivity index is 2.60. The van der Waals surface area contributed by atoms with Crippen LogP contribution in [0.2, 0.25) is 0 Å². The minimum Gasteiger partial charge on any atom is -0.311 e. The Bertz CT molecular complexity index is 217. The van der Waals surface area contributed by atoms with Crippen LogP contribution in [0.5, 0.6) is 0 Å². The SMILES string of the molecule is C#CC(C)N1CC(C(C)C)NCC1C. The molecule has 0 spiro atoms. The van der Waals surface area contributed by atoms with Gasteiger partial charge in [-0.1, -0.05) is 19.8 Å². The molecule has 1 rings (SSSR count). The largest absolute Gasteiger partial charge is 0.311 e. The van der Waals surface area contributed by atoms with E-state index in [1.807, 2.05) is 0 Å². The van der Waals surface area contributed by atoms with E-state index in [0.29, 0.717) is 18.0 Å². The molecule has 1 fully saturated rings. The third-order valence-corrected chi connectivity index (χ3v) is 3.19. The zero-order valence-electron chi connectivity index (χ0n) is 9.75. The Morgan fingerprint density at radius 3 is 2.57 bits per heavy atom. The van der Waals surface area contributed by atoms with Gasteiger partial charge < -0.3 is 5.32 Å². The fourth-order valence-corrected chi connectivity index (χ4v) is 1.99. The summed E-state index contributed by atoms with van der Waals surface area (Å²) < 4.78 is 0. The highest BCUT2D eigenvalue weighted by molar-refractivity contribution is 5.01. The van der Waals surface area contributed by atoms with Crippen LogP contribution in [0.3, 0.4) is 0 Å². The van der Waals surface area contributed by atoms with Crippen molar-refractivity contribution < 1.29 is 0 Å². The van der Waals surface area contributed by atoms with Crippen LogP contribution in [-0.4, -0.2) is 36.1 Å². The molecule has 0 amide bonds. The molecule has 0 aromatic rings. The lowest BCUT2D eigenvalue weighted by Crippen LogP contribution is -2.59. The number of piperazine rings is 1. The fraction of sp³-hybridized carbons (Fsp3) is 0.833. The molecule has 1 heterocycles. The van der Waals surface area contributed by atoms with Gasteiger partial charge in [-0.15, -0.1) is 6.42 Å². The third kappa shape index (κ3) is 2.50. The zero-order valence-corrected chi connectivity index (χ0v) is 9.75. The summed E-state index contributed by atoms with van der Waals surface area (Å²) in [5.41, 5.74) is 0. The molecule has 2 nitrogen and oxygen atoms in total. The first-order valence-electron chi connectivity index (χ1n) is 5.51. The van der Waals surface area contributed by atoms with Crippen LogP contribution in [0.4, 0.5) is 0 Å². The lowest BCUT2D eigenvalue weighted by atomic mass is 9.98. The van der Waals surface area contributed by atoms with Gasteiger partial charge >= 0.3 is 0 Å². The van der Waals surface area contributed by atoms with Gasteiger partial charge in [-0.05, 0) is 19.8 Å². The van der Waals surface area contributed by atoms with E-state index in [4.69, 9.17) is 6.42 Å². The summed E-state index contributed by atoms with van der Waals surface area (Å²) in [6.45, 7) is 11.0. The molecule has 3 atom stereocenters. The van der Waals surface area contributed by atoms with E-state index in [-0.39, 0.29) is 6.04 Å². The molecule has 14 heavy (non-hydrogen) atoms. The second-order valence-corrected chi connectivity index (χ2v) is 4.65. The quantitative estimate of drug-likeness (QED) is 0.667. The lowest BCUT2D eigenvalue weighted by Gasteiger charge is -2.42. The first-order chi connectivity index (χ1) is 6.56. The summed E-state index contributed by atoms with van der Waals surface area (Å²) in [6.07, 6.45) is 5.47. The van der Waals surface area contributed by atoms with Gasteiger partial charge in [0, 0.05) is 25.2 Å². The summed E-state index contributed by atoms with van der Waals surface area (Å²) in [4.78, 5) is 2.42. The van der Waals surface area contributed by atoms with Gasteiger partial charge in [0.25, 0.3) is 0 Å². The van der Waals surface area contributed by atoms with Crippen LogP contribution in [0.25, 0.3) is 0 Å². The Hall–Kier alpha value is -0.520. The highest BCUT2D eigenvalue weighted by atomic mass is 15.2. The molecule has 1 saturated heterocycles. The van der Waals surface area contributed by atoms with Crippen molar-refractivity contribution in [3.8, 4) is 12.3 Å². The first kappa shape index (κ1) is 11.6. The van der Waals surface area contributed by atoms with Crippen LogP contribution in [0.1, 0.15) is 27.7 Å². The lowest BCUT2D eigenvalue weighted by molar-refractivity contribution is 0.107. The molecule has 0 radical (unpaired) electrons. The normalized spacial score (nSPS) is 31.4. The standard InChI is InChI=1S/C12H22N2/c1-6-10(4)14-8-12(9(2)3)13-7-11(14)5/h1,9-13H,7-8H2,2-5H3. The summed E-state index contributed by atoms with van der Waals surface area (Å²) in [6, 6.07) is 1.39. The van der Waals surface area contributed by atoms with Gasteiger partial charge in [0.1, 0.15) is 0 Å². The molecular weight excluding hydrogens is 172 g/mol. The molecule has 0 aliphatic carbocycles. The molecule has 0 saturated carbocycles. The number of nitrogens with one attached hydrogen (secondary N) is 1. The van der Waals surface area contributed by atoms with Crippen LogP contribution >= 0.6 is 0 Å².